The number of benzene rings is 1. The number of hydrogen-bond donors (Lipinski definition) is 1. The Morgan fingerprint density at radius 2 is 1.31 bits per heavy atom. The zero-order chi connectivity index (χ0) is 21.2. The number of rotatable bonds is 18. The van der Waals surface area contributed by atoms with E-state index in [-0.39, 0.29) is 11.6 Å². The SMILES string of the molecule is CCCCCCCCCCCCCCCCCC(=O)Nc1cccc([N+](=O)[O-])c1. The van der Waals surface area contributed by atoms with E-state index in [1.807, 2.05) is 0 Å². The summed E-state index contributed by atoms with van der Waals surface area (Å²) in [6.07, 6.45) is 20.0. The summed E-state index contributed by atoms with van der Waals surface area (Å²) in [7, 11) is 0. The fourth-order valence-electron chi connectivity index (χ4n) is 3.58. The fourth-order valence-corrected chi connectivity index (χ4v) is 3.58. The molecule has 0 aliphatic heterocycles. The van der Waals surface area contributed by atoms with Crippen LogP contribution >= 0.6 is 0 Å². The summed E-state index contributed by atoms with van der Waals surface area (Å²) in [6, 6.07) is 6.08. The Morgan fingerprint density at radius 1 is 0.828 bits per heavy atom. The molecular formula is C24H40N2O3. The van der Waals surface area contributed by atoms with Crippen molar-refractivity contribution >= 4 is 17.3 Å². The minimum atomic E-state index is -0.454. The maximum atomic E-state index is 11.9. The molecule has 0 aliphatic carbocycles. The quantitative estimate of drug-likeness (QED) is 0.154. The van der Waals surface area contributed by atoms with Crippen molar-refractivity contribution < 1.29 is 9.72 Å². The molecule has 0 fully saturated rings. The van der Waals surface area contributed by atoms with Crippen LogP contribution in [0.4, 0.5) is 11.4 Å². The molecule has 0 saturated carbocycles. The summed E-state index contributed by atoms with van der Waals surface area (Å²) in [6.45, 7) is 2.26. The summed E-state index contributed by atoms with van der Waals surface area (Å²) >= 11 is 0. The van der Waals surface area contributed by atoms with E-state index in [4.69, 9.17) is 0 Å². The predicted molar refractivity (Wildman–Crippen MR) is 121 cm³/mol. The summed E-state index contributed by atoms with van der Waals surface area (Å²) in [4.78, 5) is 22.3. The van der Waals surface area contributed by atoms with Crippen molar-refractivity contribution in [3.8, 4) is 0 Å². The highest BCUT2D eigenvalue weighted by molar-refractivity contribution is 5.90. The Hall–Kier alpha value is -1.91. The molecule has 0 atom stereocenters. The molecule has 1 amide bonds. The molecule has 1 N–H and O–H groups in total. The van der Waals surface area contributed by atoms with Gasteiger partial charge in [-0.3, -0.25) is 14.9 Å². The highest BCUT2D eigenvalue weighted by Crippen LogP contribution is 2.18. The molecule has 1 aromatic rings. The first-order valence-electron chi connectivity index (χ1n) is 11.7. The lowest BCUT2D eigenvalue weighted by atomic mass is 10.0. The van der Waals surface area contributed by atoms with E-state index in [1.165, 1.54) is 95.6 Å². The minimum Gasteiger partial charge on any atom is -0.326 e. The summed E-state index contributed by atoms with van der Waals surface area (Å²) in [5.41, 5.74) is 0.486. The molecule has 1 aromatic carbocycles. The number of carbonyl (C=O) groups excluding carboxylic acids is 1. The highest BCUT2D eigenvalue weighted by Gasteiger charge is 2.08. The first-order chi connectivity index (χ1) is 14.1. The van der Waals surface area contributed by atoms with Gasteiger partial charge in [-0.25, -0.2) is 0 Å². The molecule has 5 nitrogen and oxygen atoms in total. The van der Waals surface area contributed by atoms with Crippen molar-refractivity contribution in [3.05, 3.63) is 34.4 Å². The standard InChI is InChI=1S/C24H40N2O3/c1-2-3-4-5-6-7-8-9-10-11-12-13-14-15-16-20-24(27)25-22-18-17-19-23(21-22)26(28)29/h17-19,21H,2-16,20H2,1H3,(H,25,27). The second kappa shape index (κ2) is 17.0. The normalized spacial score (nSPS) is 10.8. The molecule has 0 bridgehead atoms. The summed E-state index contributed by atoms with van der Waals surface area (Å²) in [5, 5.41) is 13.5. The first-order valence-corrected chi connectivity index (χ1v) is 11.7. The van der Waals surface area contributed by atoms with Crippen molar-refractivity contribution in [2.24, 2.45) is 0 Å². The summed E-state index contributed by atoms with van der Waals surface area (Å²) in [5.74, 6) is -0.0693. The third kappa shape index (κ3) is 13.8. The van der Waals surface area contributed by atoms with Crippen LogP contribution in [0.5, 0.6) is 0 Å². The Kier molecular flexibility index (Phi) is 14.7. The zero-order valence-corrected chi connectivity index (χ0v) is 18.3. The van der Waals surface area contributed by atoms with E-state index in [0.29, 0.717) is 12.1 Å². The van der Waals surface area contributed by atoms with Crippen molar-refractivity contribution in [1.29, 1.82) is 0 Å². The topological polar surface area (TPSA) is 72.2 Å². The van der Waals surface area contributed by atoms with E-state index in [1.54, 1.807) is 12.1 Å². The number of hydrogen-bond acceptors (Lipinski definition) is 3. The summed E-state index contributed by atoms with van der Waals surface area (Å²) < 4.78 is 0. The molecule has 29 heavy (non-hydrogen) atoms. The average molecular weight is 405 g/mol. The van der Waals surface area contributed by atoms with Crippen LogP contribution in [0.15, 0.2) is 24.3 Å². The van der Waals surface area contributed by atoms with Crippen molar-refractivity contribution in [3.63, 3.8) is 0 Å². The molecule has 0 saturated heterocycles. The highest BCUT2D eigenvalue weighted by atomic mass is 16.6. The van der Waals surface area contributed by atoms with Gasteiger partial charge in [0, 0.05) is 24.2 Å². The number of nitrogens with one attached hydrogen (secondary N) is 1. The van der Waals surface area contributed by atoms with E-state index < -0.39 is 4.92 Å². The van der Waals surface area contributed by atoms with Crippen LogP contribution < -0.4 is 5.32 Å². The maximum absolute atomic E-state index is 11.9. The van der Waals surface area contributed by atoms with Gasteiger partial charge in [0.15, 0.2) is 0 Å². The van der Waals surface area contributed by atoms with E-state index in [2.05, 4.69) is 12.2 Å². The lowest BCUT2D eigenvalue weighted by molar-refractivity contribution is -0.384. The second-order valence-corrected chi connectivity index (χ2v) is 8.06. The Labute approximate surface area is 176 Å². The van der Waals surface area contributed by atoms with Gasteiger partial charge in [0.25, 0.3) is 5.69 Å². The molecule has 0 aromatic heterocycles. The molecular weight excluding hydrogens is 364 g/mol. The van der Waals surface area contributed by atoms with Crippen LogP contribution in [0.2, 0.25) is 0 Å². The maximum Gasteiger partial charge on any atom is 0.271 e. The monoisotopic (exact) mass is 404 g/mol. The molecule has 0 radical (unpaired) electrons. The van der Waals surface area contributed by atoms with Gasteiger partial charge in [-0.05, 0) is 12.5 Å². The Balaban J connectivity index is 1.90. The number of nitrogens with zero attached hydrogens (tertiary/aromatic N) is 1. The van der Waals surface area contributed by atoms with Gasteiger partial charge in [0.2, 0.25) is 5.91 Å². The van der Waals surface area contributed by atoms with Gasteiger partial charge in [0.05, 0.1) is 4.92 Å². The van der Waals surface area contributed by atoms with Gasteiger partial charge >= 0.3 is 0 Å². The molecule has 5 heteroatoms. The number of nitro groups is 1. The lowest BCUT2D eigenvalue weighted by Crippen LogP contribution is -2.11. The number of amides is 1. The number of unbranched alkanes of at least 4 members (excludes halogenated alkanes) is 14. The van der Waals surface area contributed by atoms with Gasteiger partial charge in [0.1, 0.15) is 0 Å². The van der Waals surface area contributed by atoms with Crippen LogP contribution in [-0.2, 0) is 4.79 Å². The van der Waals surface area contributed by atoms with Gasteiger partial charge in [-0.2, -0.15) is 0 Å². The largest absolute Gasteiger partial charge is 0.326 e. The van der Waals surface area contributed by atoms with Crippen molar-refractivity contribution in [2.75, 3.05) is 5.32 Å². The van der Waals surface area contributed by atoms with E-state index in [0.717, 1.165) is 12.8 Å². The van der Waals surface area contributed by atoms with Crippen LogP contribution in [0.1, 0.15) is 110 Å². The van der Waals surface area contributed by atoms with Gasteiger partial charge in [-0.15, -0.1) is 0 Å². The van der Waals surface area contributed by atoms with Gasteiger partial charge in [-0.1, -0.05) is 103 Å². The van der Waals surface area contributed by atoms with Crippen LogP contribution in [-0.4, -0.2) is 10.8 Å². The molecule has 1 rings (SSSR count). The number of nitro benzene ring substituents is 1. The van der Waals surface area contributed by atoms with E-state index >= 15 is 0 Å². The average Bonchev–Trinajstić information content (AvgIpc) is 2.71. The number of anilines is 1. The second-order valence-electron chi connectivity index (χ2n) is 8.06. The predicted octanol–water partition coefficient (Wildman–Crippen LogP) is 7.79. The number of carbonyl (C=O) groups is 1. The fraction of sp³-hybridized carbons (Fsp3) is 0.708. The molecule has 164 valence electrons. The smallest absolute Gasteiger partial charge is 0.271 e. The number of non-ortho nitro benzene ring substituents is 1. The molecule has 0 unspecified atom stereocenters. The van der Waals surface area contributed by atoms with Crippen molar-refractivity contribution in [1.82, 2.24) is 0 Å². The lowest BCUT2D eigenvalue weighted by Gasteiger charge is -2.05. The third-order valence-corrected chi connectivity index (χ3v) is 5.35. The molecule has 0 spiro atoms. The first kappa shape index (κ1) is 25.1. The van der Waals surface area contributed by atoms with Crippen molar-refractivity contribution in [2.45, 2.75) is 110 Å². The van der Waals surface area contributed by atoms with Crippen LogP contribution in [0.25, 0.3) is 0 Å². The van der Waals surface area contributed by atoms with Crippen LogP contribution in [0, 0.1) is 10.1 Å². The zero-order valence-electron chi connectivity index (χ0n) is 18.3. The van der Waals surface area contributed by atoms with Gasteiger partial charge < -0.3 is 5.32 Å². The Bertz CT molecular complexity index is 575. The molecule has 0 heterocycles. The minimum absolute atomic E-state index is 0.00484. The Morgan fingerprint density at radius 3 is 1.79 bits per heavy atom. The third-order valence-electron chi connectivity index (χ3n) is 5.35. The molecule has 0 aliphatic rings. The van der Waals surface area contributed by atoms with E-state index in [9.17, 15) is 14.9 Å². The van der Waals surface area contributed by atoms with Crippen LogP contribution in [0.3, 0.4) is 0 Å².